The van der Waals surface area contributed by atoms with Gasteiger partial charge < -0.3 is 15.0 Å². The highest BCUT2D eigenvalue weighted by atomic mass is 16.5. The predicted molar refractivity (Wildman–Crippen MR) is 126 cm³/mol. The minimum atomic E-state index is -0.534. The van der Waals surface area contributed by atoms with Gasteiger partial charge in [-0.1, -0.05) is 36.4 Å². The van der Waals surface area contributed by atoms with Gasteiger partial charge in [0.15, 0.2) is 6.61 Å². The van der Waals surface area contributed by atoms with Crippen molar-refractivity contribution in [2.75, 3.05) is 25.5 Å². The van der Waals surface area contributed by atoms with E-state index in [-0.39, 0.29) is 12.5 Å². The quantitative estimate of drug-likeness (QED) is 0.586. The molecule has 1 aliphatic rings. The Kier molecular flexibility index (Phi) is 6.40. The number of amides is 2. The number of aromatic nitrogens is 1. The molecular weight excluding hydrogens is 418 g/mol. The average Bonchev–Trinajstić information content (AvgIpc) is 3.26. The van der Waals surface area contributed by atoms with Crippen LogP contribution >= 0.6 is 0 Å². The van der Waals surface area contributed by atoms with E-state index >= 15 is 0 Å². The van der Waals surface area contributed by atoms with E-state index in [0.717, 1.165) is 58.2 Å². The summed E-state index contributed by atoms with van der Waals surface area (Å²) < 4.78 is 5.39. The number of hydrogen-bond donors (Lipinski definition) is 1. The van der Waals surface area contributed by atoms with Crippen LogP contribution in [0.25, 0.3) is 10.9 Å². The summed E-state index contributed by atoms with van der Waals surface area (Å²) in [7, 11) is 1.51. The fraction of sp³-hybridized carbons (Fsp3) is 0.308. The number of carbonyl (C=O) groups is 3. The molecule has 1 aromatic heterocycles. The highest BCUT2D eigenvalue weighted by Gasteiger charge is 2.25. The minimum absolute atomic E-state index is 0.141. The molecule has 0 aliphatic heterocycles. The summed E-state index contributed by atoms with van der Waals surface area (Å²) in [4.78, 5) is 43.9. The van der Waals surface area contributed by atoms with E-state index in [2.05, 4.69) is 10.3 Å². The molecule has 1 heterocycles. The fourth-order valence-corrected chi connectivity index (χ4v) is 4.25. The first kappa shape index (κ1) is 22.5. The lowest BCUT2D eigenvalue weighted by molar-refractivity contribution is -0.136. The van der Waals surface area contributed by atoms with Crippen molar-refractivity contribution < 1.29 is 19.1 Å². The summed E-state index contributed by atoms with van der Waals surface area (Å²) >= 11 is 0. The van der Waals surface area contributed by atoms with Crippen molar-refractivity contribution in [2.24, 2.45) is 0 Å². The van der Waals surface area contributed by atoms with Crippen LogP contribution in [0.4, 0.5) is 5.69 Å². The largest absolute Gasteiger partial charge is 0.452 e. The van der Waals surface area contributed by atoms with E-state index in [1.165, 1.54) is 11.9 Å². The molecular formula is C26H27N3O4. The molecule has 3 aromatic rings. The number of aryl methyl sites for hydroxylation is 3. The lowest BCUT2D eigenvalue weighted by Crippen LogP contribution is -2.37. The molecule has 0 saturated carbocycles. The Balaban J connectivity index is 1.40. The summed E-state index contributed by atoms with van der Waals surface area (Å²) in [5.41, 5.74) is 5.72. The zero-order chi connectivity index (χ0) is 23.5. The molecule has 170 valence electrons. The van der Waals surface area contributed by atoms with E-state index in [4.69, 9.17) is 4.74 Å². The monoisotopic (exact) mass is 445 g/mol. The van der Waals surface area contributed by atoms with Gasteiger partial charge in [0.05, 0.1) is 17.6 Å². The summed E-state index contributed by atoms with van der Waals surface area (Å²) in [5, 5.41) is 3.59. The normalized spacial score (nSPS) is 12.3. The Labute approximate surface area is 192 Å². The van der Waals surface area contributed by atoms with E-state index in [1.54, 1.807) is 0 Å². The van der Waals surface area contributed by atoms with Gasteiger partial charge in [-0.25, -0.2) is 4.79 Å². The molecule has 0 spiro atoms. The van der Waals surface area contributed by atoms with Gasteiger partial charge in [-0.15, -0.1) is 0 Å². The molecule has 7 nitrogen and oxygen atoms in total. The van der Waals surface area contributed by atoms with Crippen LogP contribution in [0.2, 0.25) is 0 Å². The van der Waals surface area contributed by atoms with Crippen LogP contribution in [-0.4, -0.2) is 47.9 Å². The molecule has 0 unspecified atom stereocenters. The predicted octanol–water partition coefficient (Wildman–Crippen LogP) is 3.59. The number of nitrogens with one attached hydrogen (secondary N) is 1. The van der Waals surface area contributed by atoms with Crippen LogP contribution < -0.4 is 5.32 Å². The molecule has 4 rings (SSSR count). The average molecular weight is 446 g/mol. The number of benzene rings is 2. The van der Waals surface area contributed by atoms with Crippen molar-refractivity contribution in [3.05, 3.63) is 70.4 Å². The maximum absolute atomic E-state index is 13.0. The van der Waals surface area contributed by atoms with Crippen LogP contribution in [0.3, 0.4) is 0 Å². The number of carbonyl (C=O) groups excluding carboxylic acids is 3. The lowest BCUT2D eigenvalue weighted by atomic mass is 10.0. The van der Waals surface area contributed by atoms with E-state index in [1.807, 2.05) is 56.3 Å². The van der Waals surface area contributed by atoms with Crippen LogP contribution in [0, 0.1) is 13.8 Å². The third-order valence-corrected chi connectivity index (χ3v) is 6.00. The maximum Gasteiger partial charge on any atom is 0.339 e. The number of pyridine rings is 1. The fourth-order valence-electron chi connectivity index (χ4n) is 4.25. The van der Waals surface area contributed by atoms with Gasteiger partial charge in [-0.3, -0.25) is 14.6 Å². The minimum Gasteiger partial charge on any atom is -0.452 e. The van der Waals surface area contributed by atoms with Crippen molar-refractivity contribution in [1.29, 1.82) is 0 Å². The third kappa shape index (κ3) is 4.72. The second-order valence-corrected chi connectivity index (χ2v) is 8.42. The van der Waals surface area contributed by atoms with Crippen molar-refractivity contribution in [2.45, 2.75) is 33.1 Å². The summed E-state index contributed by atoms with van der Waals surface area (Å²) in [6.45, 7) is 3.25. The van der Waals surface area contributed by atoms with Crippen molar-refractivity contribution in [3.8, 4) is 0 Å². The molecule has 2 amide bonds. The number of likely N-dealkylation sites (N-methyl/N-ethyl adjacent to an activating group) is 1. The first-order valence-electron chi connectivity index (χ1n) is 11.0. The molecule has 7 heteroatoms. The Morgan fingerprint density at radius 1 is 1.03 bits per heavy atom. The van der Waals surface area contributed by atoms with Crippen LogP contribution in [0.5, 0.6) is 0 Å². The van der Waals surface area contributed by atoms with Gasteiger partial charge in [0.25, 0.3) is 5.91 Å². The summed E-state index contributed by atoms with van der Waals surface area (Å²) in [5.74, 6) is -1.30. The van der Waals surface area contributed by atoms with Crippen molar-refractivity contribution in [1.82, 2.24) is 9.88 Å². The zero-order valence-corrected chi connectivity index (χ0v) is 19.1. The van der Waals surface area contributed by atoms with E-state index < -0.39 is 18.5 Å². The van der Waals surface area contributed by atoms with Crippen LogP contribution in [0.1, 0.15) is 39.2 Å². The lowest BCUT2D eigenvalue weighted by Gasteiger charge is -2.18. The number of rotatable bonds is 6. The molecule has 0 radical (unpaired) electrons. The second kappa shape index (κ2) is 9.40. The number of fused-ring (bicyclic) bond motifs is 2. The first-order chi connectivity index (χ1) is 15.8. The highest BCUT2D eigenvalue weighted by Crippen LogP contribution is 2.30. The molecule has 1 N–H and O–H groups in total. The van der Waals surface area contributed by atoms with Gasteiger partial charge in [0.2, 0.25) is 5.91 Å². The number of hydrogen-bond acceptors (Lipinski definition) is 5. The standard InChI is InChI=1S/C26H27N3O4/c1-16-8-6-9-17(2)25(16)28-22(30)14-29(3)23(31)15-33-26(32)24-18-10-4-5-12-20(18)27-21-13-7-11-19(21)24/h4-6,8-10,12H,7,11,13-15H2,1-3H3,(H,28,30). The molecule has 0 saturated heterocycles. The topological polar surface area (TPSA) is 88.6 Å². The van der Waals surface area contributed by atoms with Crippen molar-refractivity contribution >= 4 is 34.4 Å². The van der Waals surface area contributed by atoms with E-state index in [9.17, 15) is 14.4 Å². The van der Waals surface area contributed by atoms with Gasteiger partial charge in [-0.05, 0) is 55.9 Å². The van der Waals surface area contributed by atoms with Crippen LogP contribution in [0.15, 0.2) is 42.5 Å². The number of anilines is 1. The maximum atomic E-state index is 13.0. The number of esters is 1. The number of para-hydroxylation sites is 2. The Hall–Kier alpha value is -3.74. The van der Waals surface area contributed by atoms with Gasteiger partial charge in [0.1, 0.15) is 0 Å². The van der Waals surface area contributed by atoms with Crippen molar-refractivity contribution in [3.63, 3.8) is 0 Å². The zero-order valence-electron chi connectivity index (χ0n) is 19.1. The van der Waals surface area contributed by atoms with Gasteiger partial charge in [-0.2, -0.15) is 0 Å². The molecule has 1 aliphatic carbocycles. The smallest absolute Gasteiger partial charge is 0.339 e. The Morgan fingerprint density at radius 2 is 1.76 bits per heavy atom. The molecule has 2 aromatic carbocycles. The SMILES string of the molecule is Cc1cccc(C)c1NC(=O)CN(C)C(=O)COC(=O)c1c2c(nc3ccccc13)CCC2. The molecule has 0 fully saturated rings. The van der Waals surface area contributed by atoms with Gasteiger partial charge >= 0.3 is 5.97 Å². The highest BCUT2D eigenvalue weighted by molar-refractivity contribution is 6.05. The Morgan fingerprint density at radius 3 is 2.52 bits per heavy atom. The van der Waals surface area contributed by atoms with Crippen LogP contribution in [-0.2, 0) is 27.2 Å². The van der Waals surface area contributed by atoms with E-state index in [0.29, 0.717) is 5.56 Å². The Bertz CT molecular complexity index is 1230. The molecule has 0 bridgehead atoms. The number of nitrogens with zero attached hydrogens (tertiary/aromatic N) is 2. The second-order valence-electron chi connectivity index (χ2n) is 8.42. The molecule has 33 heavy (non-hydrogen) atoms. The third-order valence-electron chi connectivity index (χ3n) is 6.00. The summed E-state index contributed by atoms with van der Waals surface area (Å²) in [6.07, 6.45) is 2.54. The number of ether oxygens (including phenoxy) is 1. The molecule has 0 atom stereocenters. The van der Waals surface area contributed by atoms with Gasteiger partial charge in [0, 0.05) is 23.8 Å². The summed E-state index contributed by atoms with van der Waals surface area (Å²) in [6, 6.07) is 13.2. The first-order valence-corrected chi connectivity index (χ1v) is 11.0.